The van der Waals surface area contributed by atoms with Gasteiger partial charge >= 0.3 is 0 Å². The first kappa shape index (κ1) is 21.6. The molecule has 1 amide bonds. The summed E-state index contributed by atoms with van der Waals surface area (Å²) >= 11 is 6.12. The fraction of sp³-hybridized carbons (Fsp3) is 0.458. The van der Waals surface area contributed by atoms with Crippen molar-refractivity contribution >= 4 is 34.1 Å². The molecule has 1 fully saturated rings. The largest absolute Gasteiger partial charge is 0.494 e. The van der Waals surface area contributed by atoms with Crippen LogP contribution in [0.3, 0.4) is 0 Å². The predicted molar refractivity (Wildman–Crippen MR) is 124 cm³/mol. The zero-order chi connectivity index (χ0) is 22.1. The van der Waals surface area contributed by atoms with Crippen molar-refractivity contribution in [2.45, 2.75) is 52.5 Å². The molecule has 0 atom stereocenters. The van der Waals surface area contributed by atoms with E-state index in [0.717, 1.165) is 35.6 Å². The number of nitrogens with one attached hydrogen (secondary N) is 1. The van der Waals surface area contributed by atoms with Gasteiger partial charge in [0.2, 0.25) is 0 Å². The summed E-state index contributed by atoms with van der Waals surface area (Å²) in [7, 11) is 1.59. The van der Waals surface area contributed by atoms with Gasteiger partial charge in [0.25, 0.3) is 5.91 Å². The molecule has 0 aliphatic heterocycles. The van der Waals surface area contributed by atoms with Crippen LogP contribution in [0.2, 0.25) is 5.02 Å². The van der Waals surface area contributed by atoms with Crippen molar-refractivity contribution in [3.05, 3.63) is 46.9 Å². The number of halogens is 1. The second kappa shape index (κ2) is 8.87. The molecule has 0 bridgehead atoms. The summed E-state index contributed by atoms with van der Waals surface area (Å²) in [5.41, 5.74) is 2.54. The number of ether oxygens (including phenoxy) is 1. The molecule has 1 aliphatic rings. The number of methoxy groups -OCH3 is 1. The van der Waals surface area contributed by atoms with E-state index < -0.39 is 0 Å². The Morgan fingerprint density at radius 2 is 1.97 bits per heavy atom. The molecule has 6 nitrogen and oxygen atoms in total. The van der Waals surface area contributed by atoms with Crippen LogP contribution < -0.4 is 10.1 Å². The third kappa shape index (κ3) is 4.54. The Hall–Kier alpha value is -2.60. The van der Waals surface area contributed by atoms with E-state index in [2.05, 4.69) is 35.0 Å². The summed E-state index contributed by atoms with van der Waals surface area (Å²) in [6.07, 6.45) is 8.40. The lowest BCUT2D eigenvalue weighted by molar-refractivity contribution is 0.102. The molecule has 0 saturated heterocycles. The van der Waals surface area contributed by atoms with E-state index in [1.165, 1.54) is 19.0 Å². The number of rotatable bonds is 5. The zero-order valence-electron chi connectivity index (χ0n) is 18.5. The van der Waals surface area contributed by atoms with Gasteiger partial charge in [-0.25, -0.2) is 0 Å². The Morgan fingerprint density at radius 3 is 2.61 bits per heavy atom. The highest BCUT2D eigenvalue weighted by Gasteiger charge is 2.25. The first-order valence-electron chi connectivity index (χ1n) is 10.9. The third-order valence-electron chi connectivity index (χ3n) is 6.44. The van der Waals surface area contributed by atoms with Gasteiger partial charge in [-0.1, -0.05) is 25.4 Å². The van der Waals surface area contributed by atoms with Crippen LogP contribution in [0.15, 0.2) is 30.6 Å². The van der Waals surface area contributed by atoms with Crippen LogP contribution in [0.25, 0.3) is 10.9 Å². The molecular weight excluding hydrogens is 412 g/mol. The monoisotopic (exact) mass is 440 g/mol. The second-order valence-electron chi connectivity index (χ2n) is 8.78. The SMILES string of the molecule is COc1cc2nn(C3CCC(C(C)C)CC3)cc2cc1NC(=O)c1cnc(C)c(Cl)c1. The van der Waals surface area contributed by atoms with Crippen molar-refractivity contribution in [3.63, 3.8) is 0 Å². The molecule has 7 heteroatoms. The van der Waals surface area contributed by atoms with E-state index in [0.29, 0.717) is 33.8 Å². The van der Waals surface area contributed by atoms with Crippen LogP contribution in [0.1, 0.15) is 61.6 Å². The van der Waals surface area contributed by atoms with Crippen LogP contribution in [0.4, 0.5) is 5.69 Å². The number of hydrogen-bond acceptors (Lipinski definition) is 4. The molecular formula is C24H29ClN4O2. The van der Waals surface area contributed by atoms with Gasteiger partial charge < -0.3 is 10.1 Å². The molecule has 0 unspecified atom stereocenters. The highest BCUT2D eigenvalue weighted by molar-refractivity contribution is 6.31. The van der Waals surface area contributed by atoms with E-state index in [1.54, 1.807) is 20.1 Å². The number of aromatic nitrogens is 3. The fourth-order valence-corrected chi connectivity index (χ4v) is 4.55. The number of fused-ring (bicyclic) bond motifs is 1. The Balaban J connectivity index is 1.57. The maximum atomic E-state index is 12.7. The van der Waals surface area contributed by atoms with Crippen LogP contribution in [0, 0.1) is 18.8 Å². The topological polar surface area (TPSA) is 69.0 Å². The minimum Gasteiger partial charge on any atom is -0.494 e. The van der Waals surface area contributed by atoms with Crippen molar-refractivity contribution in [1.29, 1.82) is 0 Å². The Kier molecular flexibility index (Phi) is 6.19. The number of hydrogen-bond donors (Lipinski definition) is 1. The Labute approximate surface area is 187 Å². The molecule has 2 heterocycles. The standard InChI is InChI=1S/C24H29ClN4O2/c1-14(2)16-5-7-19(8-6-16)29-13-18-10-22(23(31-4)11-21(18)28-29)27-24(30)17-9-20(25)15(3)26-12-17/h9-14,16,19H,5-8H2,1-4H3,(H,27,30). The summed E-state index contributed by atoms with van der Waals surface area (Å²) in [5, 5.41) is 9.17. The minimum atomic E-state index is -0.286. The van der Waals surface area contributed by atoms with E-state index in [4.69, 9.17) is 21.4 Å². The van der Waals surface area contributed by atoms with Crippen molar-refractivity contribution < 1.29 is 9.53 Å². The Morgan fingerprint density at radius 1 is 1.23 bits per heavy atom. The maximum absolute atomic E-state index is 12.7. The van der Waals surface area contributed by atoms with Crippen molar-refractivity contribution in [3.8, 4) is 5.75 Å². The van der Waals surface area contributed by atoms with E-state index >= 15 is 0 Å². The summed E-state index contributed by atoms with van der Waals surface area (Å²) in [6, 6.07) is 5.84. The van der Waals surface area contributed by atoms with Crippen LogP contribution in [-0.4, -0.2) is 27.8 Å². The maximum Gasteiger partial charge on any atom is 0.257 e. The van der Waals surface area contributed by atoms with Crippen LogP contribution >= 0.6 is 11.6 Å². The van der Waals surface area contributed by atoms with Gasteiger partial charge in [-0.3, -0.25) is 14.5 Å². The van der Waals surface area contributed by atoms with Gasteiger partial charge in [0, 0.05) is 23.8 Å². The number of benzene rings is 1. The molecule has 4 rings (SSSR count). The second-order valence-corrected chi connectivity index (χ2v) is 9.19. The molecule has 3 aromatic rings. The number of pyridine rings is 1. The average molecular weight is 441 g/mol. The molecule has 0 radical (unpaired) electrons. The highest BCUT2D eigenvalue weighted by Crippen LogP contribution is 2.37. The van der Waals surface area contributed by atoms with Gasteiger partial charge in [0.1, 0.15) is 5.75 Å². The highest BCUT2D eigenvalue weighted by atomic mass is 35.5. The van der Waals surface area contributed by atoms with Crippen molar-refractivity contribution in [2.24, 2.45) is 11.8 Å². The third-order valence-corrected chi connectivity index (χ3v) is 6.82. The normalized spacial score (nSPS) is 19.0. The van der Waals surface area contributed by atoms with Gasteiger partial charge in [-0.2, -0.15) is 5.10 Å². The zero-order valence-corrected chi connectivity index (χ0v) is 19.2. The number of carbonyl (C=O) groups excluding carboxylic acids is 1. The lowest BCUT2D eigenvalue weighted by Gasteiger charge is -2.30. The van der Waals surface area contributed by atoms with Crippen molar-refractivity contribution in [1.82, 2.24) is 14.8 Å². The van der Waals surface area contributed by atoms with E-state index in [-0.39, 0.29) is 5.91 Å². The van der Waals surface area contributed by atoms with E-state index in [1.807, 2.05) is 12.1 Å². The number of carbonyl (C=O) groups is 1. The van der Waals surface area contributed by atoms with Gasteiger partial charge in [-0.05, 0) is 56.6 Å². The lowest BCUT2D eigenvalue weighted by atomic mass is 9.80. The Bertz CT molecular complexity index is 1100. The molecule has 1 aromatic carbocycles. The quantitative estimate of drug-likeness (QED) is 0.525. The molecule has 31 heavy (non-hydrogen) atoms. The fourth-order valence-electron chi connectivity index (χ4n) is 4.38. The van der Waals surface area contributed by atoms with Gasteiger partial charge in [0.05, 0.1) is 40.6 Å². The molecule has 1 N–H and O–H groups in total. The average Bonchev–Trinajstić information content (AvgIpc) is 3.18. The minimum absolute atomic E-state index is 0.286. The van der Waals surface area contributed by atoms with E-state index in [9.17, 15) is 4.79 Å². The lowest BCUT2D eigenvalue weighted by Crippen LogP contribution is -2.21. The molecule has 2 aromatic heterocycles. The molecule has 0 spiro atoms. The molecule has 1 aliphatic carbocycles. The smallest absolute Gasteiger partial charge is 0.257 e. The van der Waals surface area contributed by atoms with Crippen molar-refractivity contribution in [2.75, 3.05) is 12.4 Å². The predicted octanol–water partition coefficient (Wildman–Crippen LogP) is 6.04. The number of nitrogens with zero attached hydrogens (tertiary/aromatic N) is 3. The number of aryl methyl sites for hydroxylation is 1. The summed E-state index contributed by atoms with van der Waals surface area (Å²) in [6.45, 7) is 6.43. The molecule has 164 valence electrons. The van der Waals surface area contributed by atoms with Gasteiger partial charge in [0.15, 0.2) is 0 Å². The van der Waals surface area contributed by atoms with Crippen LogP contribution in [0.5, 0.6) is 5.75 Å². The molecule has 1 saturated carbocycles. The summed E-state index contributed by atoms with van der Waals surface area (Å²) < 4.78 is 7.62. The summed E-state index contributed by atoms with van der Waals surface area (Å²) in [5.74, 6) is 1.84. The number of amides is 1. The first-order valence-corrected chi connectivity index (χ1v) is 11.2. The number of anilines is 1. The summed E-state index contributed by atoms with van der Waals surface area (Å²) in [4.78, 5) is 16.9. The first-order chi connectivity index (χ1) is 14.9. The van der Waals surface area contributed by atoms with Gasteiger partial charge in [-0.15, -0.1) is 0 Å². The van der Waals surface area contributed by atoms with Crippen LogP contribution in [-0.2, 0) is 0 Å².